The fourth-order valence-electron chi connectivity index (χ4n) is 3.15. The number of nitrogens with one attached hydrogen (secondary N) is 2. The predicted octanol–water partition coefficient (Wildman–Crippen LogP) is 0.616. The second-order valence-electron chi connectivity index (χ2n) is 6.60. The summed E-state index contributed by atoms with van der Waals surface area (Å²) >= 11 is 0. The summed E-state index contributed by atoms with van der Waals surface area (Å²) in [6.45, 7) is 0.615. The Morgan fingerprint density at radius 3 is 2.64 bits per heavy atom. The number of carbonyl (C=O) groups excluding carboxylic acids is 3. The highest BCUT2D eigenvalue weighted by Crippen LogP contribution is 2.30. The van der Waals surface area contributed by atoms with E-state index in [2.05, 4.69) is 10.9 Å². The molecule has 3 heterocycles. The number of hydrogen-bond acceptors (Lipinski definition) is 6. The van der Waals surface area contributed by atoms with Crippen molar-refractivity contribution in [2.45, 2.75) is 19.1 Å². The standard InChI is InChI=1S/C19H19N3O6/c23-17-8-12(9-22(17)10-13-4-3-7-26-13)18(24)20-21-19(25)16-11-27-14-5-1-2-6-15(14)28-16/h1-7,12,16H,8-11H2,(H,20,24)(H,21,25). The van der Waals surface area contributed by atoms with E-state index in [1.807, 2.05) is 0 Å². The minimum absolute atomic E-state index is 0.0392. The molecule has 146 valence electrons. The van der Waals surface area contributed by atoms with Crippen LogP contribution in [0.15, 0.2) is 47.1 Å². The molecule has 3 amide bonds. The zero-order valence-electron chi connectivity index (χ0n) is 14.9. The summed E-state index contributed by atoms with van der Waals surface area (Å²) in [5.74, 6) is 0.0419. The predicted molar refractivity (Wildman–Crippen MR) is 94.9 cm³/mol. The first-order valence-electron chi connectivity index (χ1n) is 8.88. The van der Waals surface area contributed by atoms with Crippen molar-refractivity contribution in [1.29, 1.82) is 0 Å². The van der Waals surface area contributed by atoms with Crippen molar-refractivity contribution in [3.05, 3.63) is 48.4 Å². The maximum Gasteiger partial charge on any atom is 0.283 e. The summed E-state index contributed by atoms with van der Waals surface area (Å²) < 4.78 is 16.3. The third kappa shape index (κ3) is 3.78. The summed E-state index contributed by atoms with van der Waals surface area (Å²) in [5, 5.41) is 0. The van der Waals surface area contributed by atoms with Crippen LogP contribution in [0.25, 0.3) is 0 Å². The van der Waals surface area contributed by atoms with Gasteiger partial charge >= 0.3 is 0 Å². The van der Waals surface area contributed by atoms with Crippen LogP contribution in [0.2, 0.25) is 0 Å². The highest BCUT2D eigenvalue weighted by molar-refractivity contribution is 5.91. The van der Waals surface area contributed by atoms with Crippen molar-refractivity contribution in [1.82, 2.24) is 15.8 Å². The molecule has 2 aliphatic rings. The number of nitrogens with zero attached hydrogens (tertiary/aromatic N) is 1. The smallest absolute Gasteiger partial charge is 0.283 e. The molecule has 2 aliphatic heterocycles. The second-order valence-corrected chi connectivity index (χ2v) is 6.60. The summed E-state index contributed by atoms with van der Waals surface area (Å²) in [5.41, 5.74) is 4.71. The number of amides is 3. The number of rotatable bonds is 4. The zero-order valence-corrected chi connectivity index (χ0v) is 14.9. The number of para-hydroxylation sites is 2. The van der Waals surface area contributed by atoms with E-state index in [-0.39, 0.29) is 25.5 Å². The molecule has 0 saturated carbocycles. The molecular weight excluding hydrogens is 366 g/mol. The molecule has 2 N–H and O–H groups in total. The van der Waals surface area contributed by atoms with E-state index in [0.29, 0.717) is 23.8 Å². The van der Waals surface area contributed by atoms with Gasteiger partial charge in [0, 0.05) is 13.0 Å². The molecule has 9 nitrogen and oxygen atoms in total. The summed E-state index contributed by atoms with van der Waals surface area (Å²) in [6, 6.07) is 10.5. The van der Waals surface area contributed by atoms with Crippen LogP contribution in [0.1, 0.15) is 12.2 Å². The van der Waals surface area contributed by atoms with E-state index in [0.717, 1.165) is 0 Å². The van der Waals surface area contributed by atoms with Crippen molar-refractivity contribution >= 4 is 17.7 Å². The molecular formula is C19H19N3O6. The molecule has 2 aromatic rings. The summed E-state index contributed by atoms with van der Waals surface area (Å²) in [4.78, 5) is 38.2. The Bertz CT molecular complexity index is 882. The van der Waals surface area contributed by atoms with Crippen LogP contribution in [0, 0.1) is 5.92 Å². The van der Waals surface area contributed by atoms with Crippen molar-refractivity contribution < 1.29 is 28.3 Å². The Balaban J connectivity index is 1.26. The van der Waals surface area contributed by atoms with Gasteiger partial charge in [0.2, 0.25) is 17.9 Å². The Morgan fingerprint density at radius 2 is 1.86 bits per heavy atom. The van der Waals surface area contributed by atoms with Crippen LogP contribution >= 0.6 is 0 Å². The highest BCUT2D eigenvalue weighted by atomic mass is 16.6. The van der Waals surface area contributed by atoms with Crippen molar-refractivity contribution in [2.24, 2.45) is 5.92 Å². The molecule has 1 aromatic heterocycles. The van der Waals surface area contributed by atoms with Gasteiger partial charge in [0.25, 0.3) is 5.91 Å². The first kappa shape index (κ1) is 17.9. The van der Waals surface area contributed by atoms with Crippen LogP contribution in [0.3, 0.4) is 0 Å². The van der Waals surface area contributed by atoms with Crippen LogP contribution < -0.4 is 20.3 Å². The second kappa shape index (κ2) is 7.63. The number of fused-ring (bicyclic) bond motifs is 1. The topological polar surface area (TPSA) is 110 Å². The molecule has 0 radical (unpaired) electrons. The number of hydrogen-bond donors (Lipinski definition) is 2. The molecule has 0 aliphatic carbocycles. The number of carbonyl (C=O) groups is 3. The number of likely N-dealkylation sites (tertiary alicyclic amines) is 1. The first-order valence-corrected chi connectivity index (χ1v) is 8.88. The van der Waals surface area contributed by atoms with Gasteiger partial charge in [-0.3, -0.25) is 25.2 Å². The van der Waals surface area contributed by atoms with E-state index in [4.69, 9.17) is 13.9 Å². The van der Waals surface area contributed by atoms with Gasteiger partial charge < -0.3 is 18.8 Å². The highest BCUT2D eigenvalue weighted by Gasteiger charge is 2.35. The van der Waals surface area contributed by atoms with E-state index in [1.54, 1.807) is 41.3 Å². The number of ether oxygens (including phenoxy) is 2. The first-order chi connectivity index (χ1) is 13.6. The SMILES string of the molecule is O=C(NNC(=O)C1COc2ccccc2O1)C1CC(=O)N(Cc2ccco2)C1. The fourth-order valence-corrected chi connectivity index (χ4v) is 3.15. The van der Waals surface area contributed by atoms with Gasteiger partial charge in [-0.2, -0.15) is 0 Å². The summed E-state index contributed by atoms with van der Waals surface area (Å²) in [6.07, 6.45) is 0.736. The molecule has 1 aromatic carbocycles. The van der Waals surface area contributed by atoms with E-state index < -0.39 is 23.8 Å². The largest absolute Gasteiger partial charge is 0.485 e. The van der Waals surface area contributed by atoms with Gasteiger partial charge in [0.15, 0.2) is 11.5 Å². The van der Waals surface area contributed by atoms with Gasteiger partial charge in [-0.05, 0) is 24.3 Å². The third-order valence-corrected chi connectivity index (χ3v) is 4.62. The van der Waals surface area contributed by atoms with Crippen molar-refractivity contribution in [3.63, 3.8) is 0 Å². The maximum atomic E-state index is 12.3. The van der Waals surface area contributed by atoms with Crippen molar-refractivity contribution in [2.75, 3.05) is 13.2 Å². The number of hydrazine groups is 1. The van der Waals surface area contributed by atoms with Gasteiger partial charge in [-0.15, -0.1) is 0 Å². The van der Waals surface area contributed by atoms with Crippen LogP contribution in [-0.4, -0.2) is 41.9 Å². The number of benzene rings is 1. The molecule has 4 rings (SSSR count). The van der Waals surface area contributed by atoms with E-state index in [1.165, 1.54) is 6.26 Å². The van der Waals surface area contributed by atoms with Gasteiger partial charge in [-0.1, -0.05) is 12.1 Å². The van der Waals surface area contributed by atoms with Gasteiger partial charge in [0.1, 0.15) is 12.4 Å². The molecule has 1 saturated heterocycles. The third-order valence-electron chi connectivity index (χ3n) is 4.62. The Labute approximate surface area is 160 Å². The Hall–Kier alpha value is -3.49. The van der Waals surface area contributed by atoms with Gasteiger partial charge in [-0.25, -0.2) is 0 Å². The fraction of sp³-hybridized carbons (Fsp3) is 0.316. The molecule has 2 unspecified atom stereocenters. The van der Waals surface area contributed by atoms with Gasteiger partial charge in [0.05, 0.1) is 18.7 Å². The van der Waals surface area contributed by atoms with Crippen LogP contribution in [0.4, 0.5) is 0 Å². The van der Waals surface area contributed by atoms with E-state index in [9.17, 15) is 14.4 Å². The minimum Gasteiger partial charge on any atom is -0.485 e. The lowest BCUT2D eigenvalue weighted by Gasteiger charge is -2.25. The summed E-state index contributed by atoms with van der Waals surface area (Å²) in [7, 11) is 0. The van der Waals surface area contributed by atoms with E-state index >= 15 is 0 Å². The average Bonchev–Trinajstić information content (AvgIpc) is 3.36. The van der Waals surface area contributed by atoms with Crippen LogP contribution in [0.5, 0.6) is 11.5 Å². The zero-order chi connectivity index (χ0) is 19.5. The lowest BCUT2D eigenvalue weighted by molar-refractivity contribution is -0.136. The molecule has 9 heteroatoms. The molecule has 28 heavy (non-hydrogen) atoms. The molecule has 0 bridgehead atoms. The monoisotopic (exact) mass is 385 g/mol. The lowest BCUT2D eigenvalue weighted by Crippen LogP contribution is -2.52. The maximum absolute atomic E-state index is 12.3. The molecule has 1 fully saturated rings. The van der Waals surface area contributed by atoms with Crippen molar-refractivity contribution in [3.8, 4) is 11.5 Å². The quantitative estimate of drug-likeness (QED) is 0.747. The van der Waals surface area contributed by atoms with Crippen LogP contribution in [-0.2, 0) is 20.9 Å². The minimum atomic E-state index is -0.879. The molecule has 0 spiro atoms. The molecule has 2 atom stereocenters. The lowest BCUT2D eigenvalue weighted by atomic mass is 10.1. The Kier molecular flexibility index (Phi) is 4.88. The number of furan rings is 1. The average molecular weight is 385 g/mol. The normalized spacial score (nSPS) is 20.7. The Morgan fingerprint density at radius 1 is 1.07 bits per heavy atom.